The van der Waals surface area contributed by atoms with Crippen molar-refractivity contribution in [3.63, 3.8) is 0 Å². The predicted molar refractivity (Wildman–Crippen MR) is 268 cm³/mol. The zero-order valence-corrected chi connectivity index (χ0v) is 41.1. The molecule has 3 aliphatic rings. The number of hydrogen-bond acceptors (Lipinski definition) is 11. The number of anilines is 1. The second-order valence-corrected chi connectivity index (χ2v) is 20.2. The first-order valence-electron chi connectivity index (χ1n) is 23.1. The lowest BCUT2D eigenvalue weighted by atomic mass is 9.90. The number of benzene rings is 3. The average molecular weight is 973 g/mol. The molecule has 0 saturated carbocycles. The lowest BCUT2D eigenvalue weighted by molar-refractivity contribution is -0.130. The predicted octanol–water partition coefficient (Wildman–Crippen LogP) is 6.47. The molecule has 3 heterocycles. The fourth-order valence-corrected chi connectivity index (χ4v) is 10.9. The molecule has 1 saturated heterocycles. The van der Waals surface area contributed by atoms with Crippen LogP contribution in [0.5, 0.6) is 0 Å². The molecular formula is C49H62N7O8S3+. The molecule has 0 radical (unpaired) electrons. The molecule has 1 aliphatic carbocycles. The maximum absolute atomic E-state index is 14.8. The van der Waals surface area contributed by atoms with E-state index in [-0.39, 0.29) is 25.4 Å². The minimum absolute atomic E-state index is 0.0710. The van der Waals surface area contributed by atoms with Gasteiger partial charge in [-0.05, 0) is 106 Å². The lowest BCUT2D eigenvalue weighted by Crippen LogP contribution is -2.55. The Morgan fingerprint density at radius 2 is 1.69 bits per heavy atom. The molecular weight excluding hydrogens is 911 g/mol. The van der Waals surface area contributed by atoms with Gasteiger partial charge in [0.1, 0.15) is 47.3 Å². The van der Waals surface area contributed by atoms with Gasteiger partial charge in [0.2, 0.25) is 23.1 Å². The molecule has 2 aliphatic heterocycles. The highest BCUT2D eigenvalue weighted by Gasteiger charge is 2.38. The summed E-state index contributed by atoms with van der Waals surface area (Å²) in [5.41, 5.74) is 4.33. The Kier molecular flexibility index (Phi) is 18.7. The number of amides is 4. The largest absolute Gasteiger partial charge is 0.456 e. The Morgan fingerprint density at radius 1 is 0.910 bits per heavy atom. The van der Waals surface area contributed by atoms with E-state index in [1.165, 1.54) is 4.90 Å². The minimum Gasteiger partial charge on any atom is -0.456 e. The number of pyridine rings is 1. The summed E-state index contributed by atoms with van der Waals surface area (Å²) in [6.45, 7) is 12.6. The van der Waals surface area contributed by atoms with E-state index in [0.717, 1.165) is 64.5 Å². The molecule has 3 aromatic rings. The summed E-state index contributed by atoms with van der Waals surface area (Å²) in [4.78, 5) is 62.4. The summed E-state index contributed by atoms with van der Waals surface area (Å²) in [6.07, 6.45) is 4.54. The third kappa shape index (κ3) is 13.6. The quantitative estimate of drug-likeness (QED) is 0.0184. The maximum Gasteiger partial charge on any atom is 0.267 e. The van der Waals surface area contributed by atoms with Crippen LogP contribution in [0.25, 0.3) is 33.4 Å². The molecule has 18 heteroatoms. The molecule has 6 rings (SSSR count). The van der Waals surface area contributed by atoms with Crippen LogP contribution >= 0.6 is 21.6 Å². The third-order valence-corrected chi connectivity index (χ3v) is 14.9. The van der Waals surface area contributed by atoms with Crippen molar-refractivity contribution in [3.8, 4) is 22.5 Å². The fourth-order valence-electron chi connectivity index (χ4n) is 8.46. The SMILES string of the molecule is CCN(CC)c1ccc2c(-c3ccccc3C(=O)N3CCCC3C(=O)NC(CS(=O)(=O)O)C(=O)NCCCCCC(=O)NCCSSc3ccccn3)c3ccc(=[N+](CC)CC)cc-3oc2c1. The van der Waals surface area contributed by atoms with Crippen molar-refractivity contribution < 1.29 is 36.6 Å². The number of nitrogens with zero attached hydrogens (tertiary/aromatic N) is 4. The Labute approximate surface area is 401 Å². The lowest BCUT2D eigenvalue weighted by Gasteiger charge is -2.27. The van der Waals surface area contributed by atoms with Crippen molar-refractivity contribution >= 4 is 72.0 Å². The second kappa shape index (κ2) is 24.5. The minimum atomic E-state index is -4.70. The van der Waals surface area contributed by atoms with Crippen molar-refractivity contribution in [2.75, 3.05) is 62.2 Å². The number of carbonyl (C=O) groups excluding carboxylic acids is 4. The van der Waals surface area contributed by atoms with Crippen LogP contribution < -0.4 is 30.8 Å². The van der Waals surface area contributed by atoms with E-state index >= 15 is 0 Å². The van der Waals surface area contributed by atoms with E-state index in [4.69, 9.17) is 4.42 Å². The van der Waals surface area contributed by atoms with Crippen LogP contribution in [0.1, 0.15) is 76.6 Å². The number of likely N-dealkylation sites (tertiary alicyclic amines) is 1. The van der Waals surface area contributed by atoms with Gasteiger partial charge >= 0.3 is 0 Å². The van der Waals surface area contributed by atoms with Crippen molar-refractivity contribution in [2.45, 2.75) is 83.3 Å². The number of rotatable bonds is 23. The molecule has 0 spiro atoms. The summed E-state index contributed by atoms with van der Waals surface area (Å²) in [6, 6.07) is 22.6. The topological polar surface area (TPSA) is 194 Å². The van der Waals surface area contributed by atoms with Gasteiger partial charge < -0.3 is 30.2 Å². The fraction of sp³-hybridized carbons (Fsp3) is 0.429. The first kappa shape index (κ1) is 51.0. The Bertz CT molecular complexity index is 2650. The third-order valence-electron chi connectivity index (χ3n) is 11.9. The second-order valence-electron chi connectivity index (χ2n) is 16.2. The summed E-state index contributed by atoms with van der Waals surface area (Å²) < 4.78 is 42.9. The van der Waals surface area contributed by atoms with Crippen LogP contribution in [0.15, 0.2) is 94.5 Å². The standard InChI is InChI=1S/C49H61N7O8S3/c1-5-54(6-2)34-22-24-38-42(31-34)64-43-32-35(55(7-3)8-4)23-25-39(43)46(38)36-17-11-12-18-37(36)49(60)56-29-16-19-41(56)48(59)53-40(33-67(61,62)63)47(58)52-27-14-9-10-20-44(57)50-28-30-65-66-45-21-13-15-26-51-45/h11-13,15,17-18,21-26,31-32,40-41H,5-10,14,16,19-20,27-30,33H2,1-4H3,(H3-,50,52,53,57,58,59,61,62,63)/p+1. The van der Waals surface area contributed by atoms with Crippen LogP contribution in [-0.4, -0.2) is 116 Å². The van der Waals surface area contributed by atoms with Gasteiger partial charge in [-0.15, -0.1) is 0 Å². The van der Waals surface area contributed by atoms with E-state index in [2.05, 4.69) is 70.2 Å². The van der Waals surface area contributed by atoms with Crippen LogP contribution in [-0.2, 0) is 24.5 Å². The van der Waals surface area contributed by atoms with Gasteiger partial charge in [0.15, 0.2) is 0 Å². The van der Waals surface area contributed by atoms with Crippen LogP contribution in [0, 0.1) is 0 Å². The van der Waals surface area contributed by atoms with Crippen molar-refractivity contribution in [1.82, 2.24) is 30.4 Å². The van der Waals surface area contributed by atoms with Gasteiger partial charge in [0.25, 0.3) is 16.0 Å². The molecule has 67 heavy (non-hydrogen) atoms. The highest BCUT2D eigenvalue weighted by atomic mass is 33.1. The van der Waals surface area contributed by atoms with Crippen LogP contribution in [0.3, 0.4) is 0 Å². The van der Waals surface area contributed by atoms with E-state index in [1.807, 2.05) is 54.6 Å². The Hall–Kier alpha value is -5.43. The van der Waals surface area contributed by atoms with Gasteiger partial charge in [0, 0.05) is 91.0 Å². The van der Waals surface area contributed by atoms with Gasteiger partial charge in [-0.3, -0.25) is 23.7 Å². The zero-order valence-electron chi connectivity index (χ0n) is 38.7. The maximum atomic E-state index is 14.8. The number of unbranched alkanes of at least 4 members (excludes halogenated alkanes) is 2. The van der Waals surface area contributed by atoms with Crippen molar-refractivity contribution in [1.29, 1.82) is 0 Å². The molecule has 2 unspecified atom stereocenters. The molecule has 1 aromatic heterocycles. The molecule has 15 nitrogen and oxygen atoms in total. The average Bonchev–Trinajstić information content (AvgIpc) is 3.82. The van der Waals surface area contributed by atoms with Gasteiger partial charge in [-0.25, -0.2) is 9.56 Å². The summed E-state index contributed by atoms with van der Waals surface area (Å²) in [5, 5.41) is 10.8. The molecule has 358 valence electrons. The normalized spacial score (nSPS) is 14.2. The number of aromatic nitrogens is 1. The van der Waals surface area contributed by atoms with Crippen molar-refractivity contribution in [2.24, 2.45) is 0 Å². The Balaban J connectivity index is 1.13. The molecule has 0 bridgehead atoms. The number of carbonyl (C=O) groups is 4. The van der Waals surface area contributed by atoms with Crippen molar-refractivity contribution in [3.05, 3.63) is 96.0 Å². The van der Waals surface area contributed by atoms with Gasteiger partial charge in [0.05, 0.1) is 6.07 Å². The van der Waals surface area contributed by atoms with Gasteiger partial charge in [-0.2, -0.15) is 8.42 Å². The molecule has 4 N–H and O–H groups in total. The molecule has 2 aromatic carbocycles. The summed E-state index contributed by atoms with van der Waals surface area (Å²) in [5.74, 6) is -1.61. The highest BCUT2D eigenvalue weighted by molar-refractivity contribution is 8.76. The first-order valence-corrected chi connectivity index (χ1v) is 27.0. The Morgan fingerprint density at radius 3 is 2.42 bits per heavy atom. The number of fused-ring (bicyclic) bond motifs is 2. The molecule has 1 fully saturated rings. The highest BCUT2D eigenvalue weighted by Crippen LogP contribution is 2.42. The first-order chi connectivity index (χ1) is 32.3. The molecule has 4 amide bonds. The van der Waals surface area contributed by atoms with Crippen LogP contribution in [0.2, 0.25) is 0 Å². The zero-order chi connectivity index (χ0) is 47.9. The number of hydrogen-bond donors (Lipinski definition) is 4. The number of nitrogens with one attached hydrogen (secondary N) is 3. The monoisotopic (exact) mass is 972 g/mol. The summed E-state index contributed by atoms with van der Waals surface area (Å²) >= 11 is 0. The van der Waals surface area contributed by atoms with E-state index in [1.54, 1.807) is 39.9 Å². The van der Waals surface area contributed by atoms with E-state index in [0.29, 0.717) is 61.1 Å². The smallest absolute Gasteiger partial charge is 0.267 e. The summed E-state index contributed by atoms with van der Waals surface area (Å²) in [7, 11) is -1.55. The van der Waals surface area contributed by atoms with Gasteiger partial charge in [-0.1, -0.05) is 41.5 Å². The molecule has 2 atom stereocenters. The van der Waals surface area contributed by atoms with E-state index in [9.17, 15) is 32.1 Å². The van der Waals surface area contributed by atoms with E-state index < -0.39 is 45.7 Å². The van der Waals surface area contributed by atoms with Crippen LogP contribution in [0.4, 0.5) is 5.69 Å².